The quantitative estimate of drug-likeness (QED) is 0.320. The Labute approximate surface area is 64.3 Å². The Balaban J connectivity index is 2.33. The first kappa shape index (κ1) is 6.74. The molecule has 0 bridgehead atoms. The Kier molecular flexibility index (Phi) is 1.24. The van der Waals surface area contributed by atoms with Crippen molar-refractivity contribution in [2.75, 3.05) is 13.6 Å². The fraction of sp³-hybridized carbons (Fsp3) is 0.400. The molecule has 2 rings (SSSR count). The van der Waals surface area contributed by atoms with Gasteiger partial charge in [-0.25, -0.2) is 5.84 Å². The first-order valence-electron chi connectivity index (χ1n) is 3.28. The summed E-state index contributed by atoms with van der Waals surface area (Å²) >= 11 is 0. The van der Waals surface area contributed by atoms with Crippen LogP contribution in [0.4, 0.5) is 0 Å². The van der Waals surface area contributed by atoms with Crippen molar-refractivity contribution in [2.24, 2.45) is 16.6 Å². The molecule has 0 aromatic heterocycles. The summed E-state index contributed by atoms with van der Waals surface area (Å²) in [5.41, 5.74) is 6.52. The largest absolute Gasteiger partial charge is 0.379 e. The molecule has 0 unspecified atom stereocenters. The minimum absolute atomic E-state index is 0.546. The summed E-state index contributed by atoms with van der Waals surface area (Å²) in [5.74, 6) is 6.18. The van der Waals surface area contributed by atoms with Gasteiger partial charge in [-0.05, 0) is 0 Å². The van der Waals surface area contributed by atoms with E-state index < -0.39 is 0 Å². The van der Waals surface area contributed by atoms with Crippen molar-refractivity contribution in [3.8, 4) is 0 Å². The molecule has 2 aliphatic rings. The van der Waals surface area contributed by atoms with Gasteiger partial charge in [0.15, 0.2) is 5.82 Å². The minimum Gasteiger partial charge on any atom is -0.379 e. The van der Waals surface area contributed by atoms with E-state index in [4.69, 9.17) is 11.6 Å². The Morgan fingerprint density at radius 1 is 1.73 bits per heavy atom. The highest BCUT2D eigenvalue weighted by Crippen LogP contribution is 2.18. The third-order valence-electron chi connectivity index (χ3n) is 1.83. The van der Waals surface area contributed by atoms with E-state index in [-0.39, 0.29) is 0 Å². The Morgan fingerprint density at radius 2 is 2.45 bits per heavy atom. The van der Waals surface area contributed by atoms with E-state index in [1.807, 2.05) is 12.1 Å². The number of fused-ring (bicyclic) bond motifs is 1. The molecule has 0 aromatic rings. The second-order valence-electron chi connectivity index (χ2n) is 2.56. The average molecular weight is 154 g/mol. The molecule has 2 heterocycles. The van der Waals surface area contributed by atoms with Gasteiger partial charge in [0.25, 0.3) is 6.34 Å². The number of rotatable bonds is 0. The zero-order valence-electron chi connectivity index (χ0n) is 6.23. The van der Waals surface area contributed by atoms with Gasteiger partial charge in [0, 0.05) is 12.1 Å². The molecule has 0 amide bonds. The lowest BCUT2D eigenvalue weighted by atomic mass is 10.4. The summed E-state index contributed by atoms with van der Waals surface area (Å²) in [4.78, 5) is 3.92. The van der Waals surface area contributed by atoms with Crippen LogP contribution in [0, 0.1) is 0 Å². The van der Waals surface area contributed by atoms with E-state index in [0.717, 1.165) is 5.70 Å². The lowest BCUT2D eigenvalue weighted by Crippen LogP contribution is -2.49. The van der Waals surface area contributed by atoms with Crippen molar-refractivity contribution in [3.05, 3.63) is 11.5 Å². The topological polar surface area (TPSA) is 76.8 Å². The van der Waals surface area contributed by atoms with Crippen molar-refractivity contribution in [2.45, 2.75) is 0 Å². The van der Waals surface area contributed by atoms with Crippen LogP contribution >= 0.6 is 0 Å². The van der Waals surface area contributed by atoms with Crippen molar-refractivity contribution in [1.82, 2.24) is 15.2 Å². The molecule has 0 spiro atoms. The third kappa shape index (κ3) is 0.778. The van der Waals surface area contributed by atoms with Gasteiger partial charge in [-0.15, -0.1) is 0 Å². The van der Waals surface area contributed by atoms with Gasteiger partial charge >= 0.3 is 0 Å². The summed E-state index contributed by atoms with van der Waals surface area (Å²) in [5, 5.41) is 5.03. The van der Waals surface area contributed by atoms with Crippen LogP contribution in [0.3, 0.4) is 0 Å². The number of hydrogen-bond donors (Lipinski definition) is 2. The van der Waals surface area contributed by atoms with Gasteiger partial charge in [-0.1, -0.05) is 0 Å². The predicted octanol–water partition coefficient (Wildman–Crippen LogP) is -1.75. The molecule has 1 saturated heterocycles. The van der Waals surface area contributed by atoms with Gasteiger partial charge in [0.1, 0.15) is 6.54 Å². The first-order chi connectivity index (χ1) is 5.20. The van der Waals surface area contributed by atoms with Crippen molar-refractivity contribution >= 4 is 6.34 Å². The van der Waals surface area contributed by atoms with E-state index in [9.17, 15) is 0 Å². The number of nitrogens with two attached hydrogens (primary N) is 2. The monoisotopic (exact) mass is 154 g/mol. The van der Waals surface area contributed by atoms with Gasteiger partial charge < -0.3 is 5.73 Å². The normalized spacial score (nSPS) is 27.1. The van der Waals surface area contributed by atoms with Crippen LogP contribution in [0.2, 0.25) is 0 Å². The highest BCUT2D eigenvalue weighted by Gasteiger charge is 2.45. The van der Waals surface area contributed by atoms with Crippen molar-refractivity contribution in [1.29, 1.82) is 0 Å². The first-order valence-corrected chi connectivity index (χ1v) is 3.28. The van der Waals surface area contributed by atoms with Crippen molar-refractivity contribution < 1.29 is 0 Å². The molecule has 11 heavy (non-hydrogen) atoms. The summed E-state index contributed by atoms with van der Waals surface area (Å²) in [6.07, 6.45) is 1.61. The van der Waals surface area contributed by atoms with Crippen LogP contribution in [0.1, 0.15) is 0 Å². The minimum atomic E-state index is 0.546. The van der Waals surface area contributed by atoms with E-state index >= 15 is 0 Å². The van der Waals surface area contributed by atoms with Gasteiger partial charge in [-0.3, -0.25) is 0 Å². The van der Waals surface area contributed by atoms with Gasteiger partial charge in [-0.2, -0.15) is 10.0 Å². The number of likely N-dealkylation sites (N-methyl/N-ethyl adjacent to an activating group) is 1. The molecule has 1 fully saturated rings. The predicted molar refractivity (Wildman–Crippen MR) is 40.5 cm³/mol. The van der Waals surface area contributed by atoms with Crippen LogP contribution in [0.25, 0.3) is 0 Å². The summed E-state index contributed by atoms with van der Waals surface area (Å²) in [6.45, 7) is 0.711. The lowest BCUT2D eigenvalue weighted by Gasteiger charge is -2.10. The molecule has 2 aliphatic heterocycles. The second kappa shape index (κ2) is 2.02. The molecule has 0 saturated carbocycles. The molecule has 6 nitrogen and oxygen atoms in total. The Bertz CT molecular complexity index is 243. The molecule has 6 heteroatoms. The maximum absolute atomic E-state index is 5.63. The van der Waals surface area contributed by atoms with Crippen molar-refractivity contribution in [3.63, 3.8) is 0 Å². The Morgan fingerprint density at radius 3 is 3.09 bits per heavy atom. The van der Waals surface area contributed by atoms with Crippen LogP contribution in [0.15, 0.2) is 16.5 Å². The van der Waals surface area contributed by atoms with Crippen LogP contribution in [0.5, 0.6) is 0 Å². The van der Waals surface area contributed by atoms with Crippen LogP contribution < -0.4 is 16.6 Å². The standard InChI is InChI=1S/C5H10N6/c1-9-2-4-5(6)8-3-10(4)11(9)7/h3H,2,6-7H2,1H3/q+1. The number of hydrazine groups is 3. The fourth-order valence-electron chi connectivity index (χ4n) is 1.16. The number of aliphatic imine (C=N–C) groups is 1. The molecule has 0 aromatic carbocycles. The summed E-state index contributed by atoms with van der Waals surface area (Å²) in [6, 6.07) is 0. The maximum atomic E-state index is 5.63. The van der Waals surface area contributed by atoms with Gasteiger partial charge in [0.05, 0.1) is 5.23 Å². The molecule has 59 valence electrons. The molecule has 0 atom stereocenters. The highest BCUT2D eigenvalue weighted by atomic mass is 16.0. The fourth-order valence-corrected chi connectivity index (χ4v) is 1.16. The third-order valence-corrected chi connectivity index (χ3v) is 1.83. The molecule has 0 aliphatic carbocycles. The molecular weight excluding hydrogens is 144 g/mol. The smallest absolute Gasteiger partial charge is 0.272 e. The second-order valence-corrected chi connectivity index (χ2v) is 2.56. The number of nitrogens with zero attached hydrogens (tertiary/aromatic N) is 4. The van der Waals surface area contributed by atoms with Crippen LogP contribution in [-0.2, 0) is 0 Å². The zero-order valence-corrected chi connectivity index (χ0v) is 6.23. The van der Waals surface area contributed by atoms with E-state index in [1.165, 1.54) is 5.23 Å². The van der Waals surface area contributed by atoms with Gasteiger partial charge in [0.2, 0.25) is 5.70 Å². The molecule has 1 radical (unpaired) electrons. The zero-order chi connectivity index (χ0) is 8.01. The van der Waals surface area contributed by atoms with E-state index in [1.54, 1.807) is 11.3 Å². The SMILES string of the molecule is CN1CC2=C(N)N=C[N+]2N1N. The summed E-state index contributed by atoms with van der Waals surface area (Å²) < 4.78 is 0. The Hall–Kier alpha value is -0.950. The average Bonchev–Trinajstić information content (AvgIpc) is 2.43. The summed E-state index contributed by atoms with van der Waals surface area (Å²) in [7, 11) is 1.88. The van der Waals surface area contributed by atoms with Crippen LogP contribution in [-0.4, -0.2) is 30.2 Å². The number of hydrogen-bond acceptors (Lipinski definition) is 6. The molecule has 4 N–H and O–H groups in total. The molecular formula is C5H10N6+. The van der Waals surface area contributed by atoms with E-state index in [0.29, 0.717) is 12.4 Å². The van der Waals surface area contributed by atoms with E-state index in [2.05, 4.69) is 4.99 Å². The lowest BCUT2D eigenvalue weighted by molar-refractivity contribution is -0.0137. The maximum Gasteiger partial charge on any atom is 0.272 e. The highest BCUT2D eigenvalue weighted by molar-refractivity contribution is 5.67.